The van der Waals surface area contributed by atoms with Crippen molar-refractivity contribution in [3.8, 4) is 17.6 Å². The molecule has 19 heavy (non-hydrogen) atoms. The van der Waals surface area contributed by atoms with Gasteiger partial charge in [-0.1, -0.05) is 23.4 Å². The van der Waals surface area contributed by atoms with Crippen molar-refractivity contribution in [1.82, 2.24) is 0 Å². The zero-order valence-corrected chi connectivity index (χ0v) is 10.4. The maximum absolute atomic E-state index is 12.0. The number of carbonyl (C=O) groups is 1. The molecule has 0 aliphatic carbocycles. The molecule has 0 unspecified atom stereocenters. The van der Waals surface area contributed by atoms with Crippen LogP contribution in [0.1, 0.15) is 12.0 Å². The third-order valence-corrected chi connectivity index (χ3v) is 2.17. The highest BCUT2D eigenvalue weighted by Crippen LogP contribution is 2.27. The molecule has 0 spiro atoms. The molecule has 0 heterocycles. The molecule has 1 aromatic rings. The second-order valence-corrected chi connectivity index (χ2v) is 3.65. The topological polar surface area (TPSA) is 35.5 Å². The fraction of sp³-hybridized carbons (Fsp3) is 0.250. The van der Waals surface area contributed by atoms with Crippen LogP contribution in [-0.2, 0) is 9.53 Å². The maximum atomic E-state index is 12.0. The quantitative estimate of drug-likeness (QED) is 0.620. The third kappa shape index (κ3) is 5.53. The van der Waals surface area contributed by atoms with E-state index in [-0.39, 0.29) is 11.4 Å². The van der Waals surface area contributed by atoms with Crippen LogP contribution in [-0.4, -0.2) is 19.4 Å². The predicted octanol–water partition coefficient (Wildman–Crippen LogP) is 3.15. The molecule has 0 bridgehead atoms. The number of ether oxygens (including phenoxy) is 2. The Hall–Kier alpha value is -1.87. The Balaban J connectivity index is 2.80. The average molecular weight is 293 g/mol. The van der Waals surface area contributed by atoms with Crippen LogP contribution in [0.2, 0.25) is 5.02 Å². The van der Waals surface area contributed by atoms with Crippen molar-refractivity contribution in [3.63, 3.8) is 0 Å². The highest BCUT2D eigenvalue weighted by atomic mass is 35.5. The van der Waals surface area contributed by atoms with Crippen molar-refractivity contribution in [3.05, 3.63) is 28.8 Å². The molecule has 0 aliphatic heterocycles. The van der Waals surface area contributed by atoms with Gasteiger partial charge in [0.05, 0.1) is 12.1 Å². The van der Waals surface area contributed by atoms with E-state index in [0.29, 0.717) is 5.56 Å². The van der Waals surface area contributed by atoms with Gasteiger partial charge in [-0.2, -0.15) is 0 Å². The summed E-state index contributed by atoms with van der Waals surface area (Å²) in [5.41, 5.74) is 0.292. The van der Waals surface area contributed by atoms with E-state index in [4.69, 9.17) is 11.6 Å². The van der Waals surface area contributed by atoms with Gasteiger partial charge in [0.1, 0.15) is 12.2 Å². The van der Waals surface area contributed by atoms with Crippen molar-refractivity contribution in [1.29, 1.82) is 0 Å². The summed E-state index contributed by atoms with van der Waals surface area (Å²) in [6.45, 7) is 0. The first kappa shape index (κ1) is 15.2. The molecule has 0 saturated heterocycles. The highest BCUT2D eigenvalue weighted by molar-refractivity contribution is 6.31. The van der Waals surface area contributed by atoms with Crippen LogP contribution >= 0.6 is 11.6 Å². The Bertz CT molecular complexity index is 529. The van der Waals surface area contributed by atoms with Gasteiger partial charge in [0, 0.05) is 11.6 Å². The van der Waals surface area contributed by atoms with E-state index in [9.17, 15) is 18.0 Å². The van der Waals surface area contributed by atoms with Gasteiger partial charge >= 0.3 is 12.3 Å². The Morgan fingerprint density at radius 3 is 2.63 bits per heavy atom. The summed E-state index contributed by atoms with van der Waals surface area (Å²) in [6.07, 6.45) is -4.91. The predicted molar refractivity (Wildman–Crippen MR) is 61.6 cm³/mol. The van der Waals surface area contributed by atoms with Crippen LogP contribution < -0.4 is 4.74 Å². The number of halogens is 4. The fourth-order valence-corrected chi connectivity index (χ4v) is 1.30. The zero-order valence-electron chi connectivity index (χ0n) is 9.68. The van der Waals surface area contributed by atoms with Crippen molar-refractivity contribution in [2.75, 3.05) is 7.11 Å². The molecule has 0 aliphatic rings. The first-order chi connectivity index (χ1) is 8.81. The summed E-state index contributed by atoms with van der Waals surface area (Å²) in [4.78, 5) is 10.8. The summed E-state index contributed by atoms with van der Waals surface area (Å²) in [7, 11) is 1.22. The van der Waals surface area contributed by atoms with Gasteiger partial charge < -0.3 is 9.47 Å². The summed E-state index contributed by atoms with van der Waals surface area (Å²) in [6, 6.07) is 3.35. The first-order valence-electron chi connectivity index (χ1n) is 4.93. The van der Waals surface area contributed by atoms with Gasteiger partial charge in [0.15, 0.2) is 0 Å². The van der Waals surface area contributed by atoms with Crippen LogP contribution in [0.5, 0.6) is 5.75 Å². The van der Waals surface area contributed by atoms with Crippen molar-refractivity contribution < 1.29 is 27.4 Å². The lowest BCUT2D eigenvalue weighted by atomic mass is 10.2. The minimum atomic E-state index is -4.78. The number of rotatable bonds is 2. The van der Waals surface area contributed by atoms with Crippen molar-refractivity contribution >= 4 is 17.6 Å². The van der Waals surface area contributed by atoms with Gasteiger partial charge in [0.25, 0.3) is 0 Å². The van der Waals surface area contributed by atoms with Gasteiger partial charge in [-0.3, -0.25) is 4.79 Å². The molecule has 3 nitrogen and oxygen atoms in total. The zero-order chi connectivity index (χ0) is 14.5. The third-order valence-electron chi connectivity index (χ3n) is 1.86. The number of methoxy groups -OCH3 is 1. The Morgan fingerprint density at radius 1 is 1.42 bits per heavy atom. The van der Waals surface area contributed by atoms with Crippen LogP contribution in [0.25, 0.3) is 0 Å². The molecular weight excluding hydrogens is 285 g/mol. The molecule has 0 saturated carbocycles. The smallest absolute Gasteiger partial charge is 0.468 e. The number of hydrogen-bond donors (Lipinski definition) is 0. The van der Waals surface area contributed by atoms with E-state index >= 15 is 0 Å². The second-order valence-electron chi connectivity index (χ2n) is 3.24. The lowest BCUT2D eigenvalue weighted by Gasteiger charge is -2.09. The minimum absolute atomic E-state index is 0.000819. The highest BCUT2D eigenvalue weighted by Gasteiger charge is 2.31. The van der Waals surface area contributed by atoms with Crippen LogP contribution in [0.4, 0.5) is 13.2 Å². The SMILES string of the molecule is COC(=O)CC#Cc1ccc(OC(F)(F)F)cc1Cl. The van der Waals surface area contributed by atoms with Gasteiger partial charge in [-0.15, -0.1) is 13.2 Å². The number of alkyl halides is 3. The molecular formula is C12H8ClF3O3. The Kier molecular flexibility index (Phi) is 5.07. The van der Waals surface area contributed by atoms with E-state index in [2.05, 4.69) is 21.3 Å². The average Bonchev–Trinajstić information content (AvgIpc) is 2.29. The minimum Gasteiger partial charge on any atom is -0.468 e. The first-order valence-corrected chi connectivity index (χ1v) is 5.30. The number of benzene rings is 1. The Morgan fingerprint density at radius 2 is 2.11 bits per heavy atom. The molecule has 1 rings (SSSR count). The monoisotopic (exact) mass is 292 g/mol. The van der Waals surface area contributed by atoms with Crippen molar-refractivity contribution in [2.24, 2.45) is 0 Å². The molecule has 0 fully saturated rings. The van der Waals surface area contributed by atoms with Crippen LogP contribution in [0.15, 0.2) is 18.2 Å². The number of esters is 1. The van der Waals surface area contributed by atoms with Crippen LogP contribution in [0, 0.1) is 11.8 Å². The standard InChI is InChI=1S/C12H8ClF3O3/c1-18-11(17)4-2-3-8-5-6-9(7-10(8)13)19-12(14,15)16/h5-7H,4H2,1H3. The molecule has 102 valence electrons. The normalized spacial score (nSPS) is 10.4. The van der Waals surface area contributed by atoms with Crippen molar-refractivity contribution in [2.45, 2.75) is 12.8 Å². The number of hydrogen-bond acceptors (Lipinski definition) is 3. The molecule has 1 aromatic carbocycles. The fourth-order valence-electron chi connectivity index (χ4n) is 1.08. The second kappa shape index (κ2) is 6.34. The lowest BCUT2D eigenvalue weighted by molar-refractivity contribution is -0.274. The molecule has 0 radical (unpaired) electrons. The van der Waals surface area contributed by atoms with Gasteiger partial charge in [-0.05, 0) is 12.1 Å². The van der Waals surface area contributed by atoms with E-state index in [1.807, 2.05) is 0 Å². The van der Waals surface area contributed by atoms with Crippen LogP contribution in [0.3, 0.4) is 0 Å². The molecule has 0 atom stereocenters. The summed E-state index contributed by atoms with van der Waals surface area (Å²) in [5, 5.41) is -0.000819. The molecule has 7 heteroatoms. The van der Waals surface area contributed by atoms with Gasteiger partial charge in [-0.25, -0.2) is 0 Å². The lowest BCUT2D eigenvalue weighted by Crippen LogP contribution is -2.17. The molecule has 0 amide bonds. The summed E-state index contributed by atoms with van der Waals surface area (Å²) in [5.74, 6) is 4.09. The maximum Gasteiger partial charge on any atom is 0.573 e. The molecule has 0 N–H and O–H groups in total. The van der Waals surface area contributed by atoms with E-state index in [1.165, 1.54) is 13.2 Å². The number of carbonyl (C=O) groups excluding carboxylic acids is 1. The summed E-state index contributed by atoms with van der Waals surface area (Å²) < 4.78 is 43.9. The Labute approximate surface area is 112 Å². The largest absolute Gasteiger partial charge is 0.573 e. The van der Waals surface area contributed by atoms with E-state index in [0.717, 1.165) is 12.1 Å². The molecule has 0 aromatic heterocycles. The van der Waals surface area contributed by atoms with E-state index < -0.39 is 18.1 Å². The van der Waals surface area contributed by atoms with Gasteiger partial charge in [0.2, 0.25) is 0 Å². The van der Waals surface area contributed by atoms with E-state index in [1.54, 1.807) is 0 Å². The summed E-state index contributed by atoms with van der Waals surface area (Å²) >= 11 is 5.74.